The maximum absolute atomic E-state index is 12.6. The molecule has 1 unspecified atom stereocenters. The largest absolute Gasteiger partial charge is 0.464 e. The fourth-order valence-corrected chi connectivity index (χ4v) is 4.18. The Kier molecular flexibility index (Phi) is 23.3. The quantitative estimate of drug-likeness (QED) is 0.103. The van der Waals surface area contributed by atoms with Gasteiger partial charge in [-0.1, -0.05) is 130 Å². The molecule has 0 aromatic carbocycles. The van der Waals surface area contributed by atoms with Gasteiger partial charge in [0.15, 0.2) is 0 Å². The number of carbonyl (C=O) groups excluding carboxylic acids is 3. The first-order valence-corrected chi connectivity index (χ1v) is 14.9. The number of nitrogens with one attached hydrogen (secondary N) is 1. The van der Waals surface area contributed by atoms with Crippen molar-refractivity contribution in [2.45, 2.75) is 162 Å². The third-order valence-electron chi connectivity index (χ3n) is 6.67. The van der Waals surface area contributed by atoms with Crippen molar-refractivity contribution in [3.63, 3.8) is 0 Å². The molecule has 0 fully saturated rings. The van der Waals surface area contributed by atoms with Crippen molar-refractivity contribution in [3.8, 4) is 0 Å². The summed E-state index contributed by atoms with van der Waals surface area (Å²) in [5.41, 5.74) is 0. The van der Waals surface area contributed by atoms with Crippen molar-refractivity contribution in [2.75, 3.05) is 6.61 Å². The number of amides is 1. The number of hydrogen-bond acceptors (Lipinski definition) is 4. The Hall–Kier alpha value is -1.39. The Labute approximate surface area is 216 Å². The lowest BCUT2D eigenvalue weighted by atomic mass is 10.0. The molecule has 35 heavy (non-hydrogen) atoms. The van der Waals surface area contributed by atoms with E-state index >= 15 is 0 Å². The second-order valence-electron chi connectivity index (χ2n) is 10.5. The molecule has 0 saturated carbocycles. The number of Topliss-reactive ketones (excluding diaryl/α,β-unsaturated/α-hetero) is 1. The van der Waals surface area contributed by atoms with Crippen LogP contribution in [0.1, 0.15) is 156 Å². The van der Waals surface area contributed by atoms with Gasteiger partial charge in [0, 0.05) is 18.8 Å². The average Bonchev–Trinajstić information content (AvgIpc) is 2.83. The van der Waals surface area contributed by atoms with E-state index in [1.165, 1.54) is 77.0 Å². The minimum atomic E-state index is -0.866. The molecule has 0 aromatic heterocycles. The summed E-state index contributed by atoms with van der Waals surface area (Å²) in [6.07, 6.45) is 22.0. The van der Waals surface area contributed by atoms with E-state index in [0.29, 0.717) is 13.0 Å². The first kappa shape index (κ1) is 33.6. The van der Waals surface area contributed by atoms with E-state index in [1.54, 1.807) is 0 Å². The zero-order valence-corrected chi connectivity index (χ0v) is 23.6. The predicted molar refractivity (Wildman–Crippen MR) is 146 cm³/mol. The zero-order chi connectivity index (χ0) is 26.2. The van der Waals surface area contributed by atoms with E-state index in [-0.39, 0.29) is 24.0 Å². The van der Waals surface area contributed by atoms with Crippen molar-refractivity contribution in [2.24, 2.45) is 5.92 Å². The Balaban J connectivity index is 4.13. The van der Waals surface area contributed by atoms with Gasteiger partial charge in [-0.15, -0.1) is 0 Å². The van der Waals surface area contributed by atoms with Crippen molar-refractivity contribution in [1.29, 1.82) is 0 Å². The van der Waals surface area contributed by atoms with Crippen LogP contribution in [-0.2, 0) is 19.1 Å². The van der Waals surface area contributed by atoms with Crippen LogP contribution >= 0.6 is 0 Å². The molecule has 5 heteroatoms. The molecule has 5 nitrogen and oxygen atoms in total. The van der Waals surface area contributed by atoms with Crippen molar-refractivity contribution >= 4 is 17.7 Å². The van der Waals surface area contributed by atoms with Gasteiger partial charge in [0.25, 0.3) is 0 Å². The smallest absolute Gasteiger partial charge is 0.329 e. The molecule has 1 atom stereocenters. The van der Waals surface area contributed by atoms with Crippen LogP contribution in [0.25, 0.3) is 0 Å². The van der Waals surface area contributed by atoms with Gasteiger partial charge in [-0.3, -0.25) is 9.59 Å². The molecule has 0 aromatic rings. The Morgan fingerprint density at radius 3 is 1.51 bits per heavy atom. The van der Waals surface area contributed by atoms with Crippen LogP contribution in [0.2, 0.25) is 0 Å². The van der Waals surface area contributed by atoms with Gasteiger partial charge in [-0.2, -0.15) is 0 Å². The molecule has 0 heterocycles. The number of unbranched alkanes of at least 4 members (excludes halogenated alkanes) is 16. The lowest BCUT2D eigenvalue weighted by Crippen LogP contribution is -2.43. The highest BCUT2D eigenvalue weighted by Crippen LogP contribution is 2.13. The van der Waals surface area contributed by atoms with Crippen LogP contribution in [0.3, 0.4) is 0 Å². The van der Waals surface area contributed by atoms with Gasteiger partial charge < -0.3 is 10.1 Å². The van der Waals surface area contributed by atoms with E-state index < -0.39 is 12.0 Å². The lowest BCUT2D eigenvalue weighted by Gasteiger charge is -2.18. The zero-order valence-electron chi connectivity index (χ0n) is 23.6. The van der Waals surface area contributed by atoms with Gasteiger partial charge in [-0.25, -0.2) is 4.79 Å². The molecular weight excluding hydrogens is 438 g/mol. The van der Waals surface area contributed by atoms with Crippen LogP contribution in [-0.4, -0.2) is 30.3 Å². The Morgan fingerprint density at radius 2 is 1.06 bits per heavy atom. The molecule has 0 aliphatic rings. The number of ketones is 1. The van der Waals surface area contributed by atoms with Crippen molar-refractivity contribution in [1.82, 2.24) is 5.32 Å². The summed E-state index contributed by atoms with van der Waals surface area (Å²) in [7, 11) is 0. The standard InChI is InChI=1S/C30H57NO4/c1-5-7-9-11-13-14-15-16-17-19-21-23-29(33)31-27(25-28(32)26(3)4)30(34)35-24-22-20-18-12-10-8-6-2/h26-27H,5-25H2,1-4H3,(H,31,33). The molecule has 1 amide bonds. The van der Waals surface area contributed by atoms with Gasteiger partial charge in [-0.05, 0) is 12.8 Å². The molecule has 206 valence electrons. The summed E-state index contributed by atoms with van der Waals surface area (Å²) < 4.78 is 5.42. The molecule has 0 spiro atoms. The molecule has 0 saturated heterocycles. The molecule has 0 radical (unpaired) electrons. The Morgan fingerprint density at radius 1 is 0.629 bits per heavy atom. The SMILES string of the molecule is CCCCCCCCCCCCCC(=O)NC(CC(=O)C(C)C)C(=O)OCCCCCCCCC. The summed E-state index contributed by atoms with van der Waals surface area (Å²) in [6, 6.07) is -0.866. The molecule has 0 rings (SSSR count). The molecule has 0 bridgehead atoms. The van der Waals surface area contributed by atoms with E-state index in [4.69, 9.17) is 4.74 Å². The third-order valence-corrected chi connectivity index (χ3v) is 6.67. The van der Waals surface area contributed by atoms with E-state index in [9.17, 15) is 14.4 Å². The van der Waals surface area contributed by atoms with Crippen LogP contribution in [0, 0.1) is 5.92 Å². The average molecular weight is 496 g/mol. The summed E-state index contributed by atoms with van der Waals surface area (Å²) in [5, 5.41) is 2.78. The van der Waals surface area contributed by atoms with Crippen LogP contribution in [0.5, 0.6) is 0 Å². The van der Waals surface area contributed by atoms with Crippen molar-refractivity contribution < 1.29 is 19.1 Å². The predicted octanol–water partition coefficient (Wildman–Crippen LogP) is 8.08. The summed E-state index contributed by atoms with van der Waals surface area (Å²) in [6.45, 7) is 8.44. The van der Waals surface area contributed by atoms with Gasteiger partial charge in [0.1, 0.15) is 11.8 Å². The fraction of sp³-hybridized carbons (Fsp3) is 0.900. The van der Waals surface area contributed by atoms with Crippen LogP contribution in [0.4, 0.5) is 0 Å². The number of carbonyl (C=O) groups is 3. The second-order valence-corrected chi connectivity index (χ2v) is 10.5. The first-order chi connectivity index (χ1) is 16.9. The van der Waals surface area contributed by atoms with Crippen LogP contribution in [0.15, 0.2) is 0 Å². The van der Waals surface area contributed by atoms with E-state index in [2.05, 4.69) is 19.2 Å². The highest BCUT2D eigenvalue weighted by atomic mass is 16.5. The second kappa shape index (κ2) is 24.3. The van der Waals surface area contributed by atoms with Crippen LogP contribution < -0.4 is 5.32 Å². The topological polar surface area (TPSA) is 72.5 Å². The highest BCUT2D eigenvalue weighted by molar-refractivity contribution is 5.90. The van der Waals surface area contributed by atoms with Gasteiger partial charge in [0.2, 0.25) is 5.91 Å². The van der Waals surface area contributed by atoms with Gasteiger partial charge in [0.05, 0.1) is 6.61 Å². The van der Waals surface area contributed by atoms with E-state index in [0.717, 1.165) is 38.5 Å². The first-order valence-electron chi connectivity index (χ1n) is 14.9. The normalized spacial score (nSPS) is 12.0. The highest BCUT2D eigenvalue weighted by Gasteiger charge is 2.26. The molecule has 1 N–H and O–H groups in total. The molecule has 0 aliphatic heterocycles. The maximum Gasteiger partial charge on any atom is 0.329 e. The molecule has 0 aliphatic carbocycles. The summed E-state index contributed by atoms with van der Waals surface area (Å²) in [5.74, 6) is -0.831. The number of ether oxygens (including phenoxy) is 1. The summed E-state index contributed by atoms with van der Waals surface area (Å²) >= 11 is 0. The van der Waals surface area contributed by atoms with E-state index in [1.807, 2.05) is 13.8 Å². The maximum atomic E-state index is 12.6. The summed E-state index contributed by atoms with van der Waals surface area (Å²) in [4.78, 5) is 37.3. The number of esters is 1. The third kappa shape index (κ3) is 21.6. The Bertz CT molecular complexity index is 532. The lowest BCUT2D eigenvalue weighted by molar-refractivity contribution is -0.149. The van der Waals surface area contributed by atoms with Gasteiger partial charge >= 0.3 is 5.97 Å². The van der Waals surface area contributed by atoms with Crippen molar-refractivity contribution in [3.05, 3.63) is 0 Å². The monoisotopic (exact) mass is 495 g/mol. The number of hydrogen-bond donors (Lipinski definition) is 1. The fourth-order valence-electron chi connectivity index (χ4n) is 4.18. The minimum Gasteiger partial charge on any atom is -0.464 e. The molecular formula is C30H57NO4. The number of rotatable bonds is 25. The minimum absolute atomic E-state index is 0.0114.